The second-order valence-corrected chi connectivity index (χ2v) is 3.67. The van der Waals surface area contributed by atoms with Gasteiger partial charge >= 0.3 is 0 Å². The van der Waals surface area contributed by atoms with Crippen molar-refractivity contribution in [3.63, 3.8) is 0 Å². The van der Waals surface area contributed by atoms with Crippen molar-refractivity contribution in [2.24, 2.45) is 7.05 Å². The minimum atomic E-state index is -2.68. The zero-order chi connectivity index (χ0) is 13.3. The average Bonchev–Trinajstić information content (AvgIpc) is 2.71. The molecular formula is C11H9F2N3O2. The first-order valence-corrected chi connectivity index (χ1v) is 5.05. The molecule has 1 aromatic carbocycles. The molecule has 0 aliphatic rings. The molecule has 0 spiro atoms. The summed E-state index contributed by atoms with van der Waals surface area (Å²) >= 11 is 0. The van der Waals surface area contributed by atoms with Crippen LogP contribution in [0.1, 0.15) is 12.2 Å². The van der Waals surface area contributed by atoms with Crippen molar-refractivity contribution in [3.8, 4) is 11.3 Å². The van der Waals surface area contributed by atoms with E-state index in [1.165, 1.54) is 36.0 Å². The third-order valence-corrected chi connectivity index (χ3v) is 2.57. The highest BCUT2D eigenvalue weighted by Crippen LogP contribution is 2.27. The van der Waals surface area contributed by atoms with Crippen molar-refractivity contribution in [1.82, 2.24) is 9.55 Å². The molecule has 0 N–H and O–H groups in total. The zero-order valence-electron chi connectivity index (χ0n) is 9.38. The third-order valence-electron chi connectivity index (χ3n) is 2.57. The highest BCUT2D eigenvalue weighted by Gasteiger charge is 2.17. The van der Waals surface area contributed by atoms with Gasteiger partial charge < -0.3 is 4.57 Å². The summed E-state index contributed by atoms with van der Waals surface area (Å²) in [5, 5.41) is 10.6. The number of imidazole rings is 1. The molecule has 18 heavy (non-hydrogen) atoms. The van der Waals surface area contributed by atoms with Gasteiger partial charge in [0.2, 0.25) is 0 Å². The Labute approximate surface area is 101 Å². The van der Waals surface area contributed by atoms with E-state index in [9.17, 15) is 18.9 Å². The van der Waals surface area contributed by atoms with Crippen molar-refractivity contribution in [2.75, 3.05) is 0 Å². The molecule has 0 aliphatic carbocycles. The van der Waals surface area contributed by atoms with Crippen molar-refractivity contribution in [2.45, 2.75) is 6.43 Å². The Bertz CT molecular complexity index is 596. The maximum absolute atomic E-state index is 12.6. The highest BCUT2D eigenvalue weighted by molar-refractivity contribution is 5.62. The number of aromatic nitrogens is 2. The Morgan fingerprint density at radius 2 is 2.17 bits per heavy atom. The molecule has 7 heteroatoms. The third kappa shape index (κ3) is 2.06. The molecule has 0 atom stereocenters. The van der Waals surface area contributed by atoms with Gasteiger partial charge in [0.1, 0.15) is 0 Å². The lowest BCUT2D eigenvalue weighted by Gasteiger charge is -2.05. The quantitative estimate of drug-likeness (QED) is 0.624. The van der Waals surface area contributed by atoms with Gasteiger partial charge in [-0.3, -0.25) is 10.1 Å². The number of halogens is 2. The number of non-ortho nitro benzene ring substituents is 1. The van der Waals surface area contributed by atoms with Crippen LogP contribution in [0.15, 0.2) is 30.5 Å². The summed E-state index contributed by atoms with van der Waals surface area (Å²) < 4.78 is 26.4. The number of nitro groups is 1. The first-order valence-electron chi connectivity index (χ1n) is 5.05. The number of benzene rings is 1. The number of hydrogen-bond donors (Lipinski definition) is 0. The number of hydrogen-bond acceptors (Lipinski definition) is 3. The van der Waals surface area contributed by atoms with Gasteiger partial charge in [0.05, 0.1) is 16.8 Å². The molecule has 0 unspecified atom stereocenters. The maximum Gasteiger partial charge on any atom is 0.295 e. The van der Waals surface area contributed by atoms with Gasteiger partial charge in [-0.05, 0) is 0 Å². The van der Waals surface area contributed by atoms with Gasteiger partial charge in [-0.2, -0.15) is 0 Å². The molecule has 1 aromatic heterocycles. The molecule has 1 heterocycles. The van der Waals surface area contributed by atoms with Gasteiger partial charge in [-0.15, -0.1) is 0 Å². The van der Waals surface area contributed by atoms with Gasteiger partial charge in [-0.25, -0.2) is 13.8 Å². The molecular weight excluding hydrogens is 244 g/mol. The van der Waals surface area contributed by atoms with Gasteiger partial charge in [0, 0.05) is 24.7 Å². The predicted molar refractivity (Wildman–Crippen MR) is 60.3 cm³/mol. The van der Waals surface area contributed by atoms with Crippen LogP contribution < -0.4 is 0 Å². The summed E-state index contributed by atoms with van der Waals surface area (Å²) in [6.07, 6.45) is -1.40. The van der Waals surface area contributed by atoms with Crippen molar-refractivity contribution in [3.05, 3.63) is 46.4 Å². The number of nitro benzene ring substituents is 1. The largest absolute Gasteiger partial charge is 0.326 e. The molecule has 2 rings (SSSR count). The first kappa shape index (κ1) is 12.2. The Morgan fingerprint density at radius 3 is 2.72 bits per heavy atom. The number of alkyl halides is 2. The van der Waals surface area contributed by atoms with E-state index in [0.717, 1.165) is 0 Å². The van der Waals surface area contributed by atoms with Crippen molar-refractivity contribution < 1.29 is 13.7 Å². The average molecular weight is 253 g/mol. The van der Waals surface area contributed by atoms with Gasteiger partial charge in [0.25, 0.3) is 12.1 Å². The van der Waals surface area contributed by atoms with Crippen LogP contribution in [0.2, 0.25) is 0 Å². The van der Waals surface area contributed by atoms with E-state index in [1.807, 2.05) is 0 Å². The minimum Gasteiger partial charge on any atom is -0.326 e. The number of nitrogens with zero attached hydrogens (tertiary/aromatic N) is 3. The van der Waals surface area contributed by atoms with Gasteiger partial charge in [0.15, 0.2) is 5.82 Å². The van der Waals surface area contributed by atoms with E-state index < -0.39 is 11.3 Å². The molecule has 0 amide bonds. The normalized spacial score (nSPS) is 10.9. The van der Waals surface area contributed by atoms with Crippen LogP contribution in [0.5, 0.6) is 0 Å². The molecule has 94 valence electrons. The molecule has 0 radical (unpaired) electrons. The summed E-state index contributed by atoms with van der Waals surface area (Å²) in [6.45, 7) is 0. The molecule has 0 saturated carbocycles. The fraction of sp³-hybridized carbons (Fsp3) is 0.182. The fourth-order valence-electron chi connectivity index (χ4n) is 1.67. The molecule has 0 fully saturated rings. The first-order chi connectivity index (χ1) is 8.50. The second kappa shape index (κ2) is 4.52. The van der Waals surface area contributed by atoms with Crippen LogP contribution in [0.25, 0.3) is 11.3 Å². The molecule has 0 aliphatic heterocycles. The second-order valence-electron chi connectivity index (χ2n) is 3.67. The summed E-state index contributed by atoms with van der Waals surface area (Å²) in [4.78, 5) is 13.7. The van der Waals surface area contributed by atoms with Crippen LogP contribution in [0.4, 0.5) is 14.5 Å². The van der Waals surface area contributed by atoms with E-state index in [2.05, 4.69) is 4.98 Å². The predicted octanol–water partition coefficient (Wildman–Crippen LogP) is 2.93. The SMILES string of the molecule is Cn1c(-c2cccc([N+](=O)[O-])c2)cnc1C(F)F. The maximum atomic E-state index is 12.6. The standard InChI is InChI=1S/C11H9F2N3O2/c1-15-9(6-14-11(15)10(12)13)7-3-2-4-8(5-7)16(17)18/h2-6,10H,1H3. The Kier molecular flexibility index (Phi) is 3.05. The van der Waals surface area contributed by atoms with Gasteiger partial charge in [-0.1, -0.05) is 12.1 Å². The lowest BCUT2D eigenvalue weighted by molar-refractivity contribution is -0.384. The monoisotopic (exact) mass is 253 g/mol. The summed E-state index contributed by atoms with van der Waals surface area (Å²) in [5.74, 6) is -0.364. The summed E-state index contributed by atoms with van der Waals surface area (Å²) in [6, 6.07) is 5.78. The lowest BCUT2D eigenvalue weighted by Crippen LogP contribution is -2.00. The smallest absolute Gasteiger partial charge is 0.295 e. The highest BCUT2D eigenvalue weighted by atomic mass is 19.3. The van der Waals surface area contributed by atoms with E-state index in [1.54, 1.807) is 6.07 Å². The van der Waals surface area contributed by atoms with Crippen LogP contribution in [0, 0.1) is 10.1 Å². The van der Waals surface area contributed by atoms with Crippen LogP contribution in [-0.2, 0) is 7.05 Å². The van der Waals surface area contributed by atoms with E-state index >= 15 is 0 Å². The molecule has 2 aromatic rings. The Balaban J connectivity index is 2.49. The van der Waals surface area contributed by atoms with Crippen LogP contribution in [0.3, 0.4) is 0 Å². The molecule has 0 saturated heterocycles. The summed E-state index contributed by atoms with van der Waals surface area (Å²) in [5.41, 5.74) is 0.799. The fourth-order valence-corrected chi connectivity index (χ4v) is 1.67. The minimum absolute atomic E-state index is 0.0905. The zero-order valence-corrected chi connectivity index (χ0v) is 9.38. The van der Waals surface area contributed by atoms with E-state index in [-0.39, 0.29) is 11.5 Å². The summed E-state index contributed by atoms with van der Waals surface area (Å²) in [7, 11) is 1.45. The lowest BCUT2D eigenvalue weighted by atomic mass is 10.1. The van der Waals surface area contributed by atoms with Crippen molar-refractivity contribution >= 4 is 5.69 Å². The van der Waals surface area contributed by atoms with E-state index in [0.29, 0.717) is 11.3 Å². The molecule has 5 nitrogen and oxygen atoms in total. The Hall–Kier alpha value is -2.31. The molecule has 0 bridgehead atoms. The topological polar surface area (TPSA) is 61.0 Å². The van der Waals surface area contributed by atoms with Crippen LogP contribution >= 0.6 is 0 Å². The van der Waals surface area contributed by atoms with Crippen molar-refractivity contribution in [1.29, 1.82) is 0 Å². The number of rotatable bonds is 3. The van der Waals surface area contributed by atoms with Crippen LogP contribution in [-0.4, -0.2) is 14.5 Å². The van der Waals surface area contributed by atoms with E-state index in [4.69, 9.17) is 0 Å². The Morgan fingerprint density at radius 1 is 1.44 bits per heavy atom.